The van der Waals surface area contributed by atoms with Crippen molar-refractivity contribution in [3.05, 3.63) is 32.5 Å². The van der Waals surface area contributed by atoms with E-state index < -0.39 is 17.4 Å². The highest BCUT2D eigenvalue weighted by Crippen LogP contribution is 2.24. The molecule has 2 fully saturated rings. The van der Waals surface area contributed by atoms with E-state index in [9.17, 15) is 14.4 Å². The molecule has 0 aromatic carbocycles. The molecule has 2 aliphatic heterocycles. The highest BCUT2D eigenvalue weighted by molar-refractivity contribution is 5.75. The molecule has 2 atom stereocenters. The number of carbonyl (C=O) groups excluding carboxylic acids is 1. The van der Waals surface area contributed by atoms with Crippen molar-refractivity contribution in [3.63, 3.8) is 0 Å². The number of nitrogens with zero attached hydrogens (tertiary/aromatic N) is 6. The Morgan fingerprint density at radius 2 is 1.88 bits per heavy atom. The van der Waals surface area contributed by atoms with Crippen molar-refractivity contribution in [2.45, 2.75) is 64.7 Å². The third kappa shape index (κ3) is 4.41. The van der Waals surface area contributed by atoms with Crippen molar-refractivity contribution in [2.75, 3.05) is 31.1 Å². The van der Waals surface area contributed by atoms with Crippen LogP contribution in [0.1, 0.15) is 52.1 Å². The summed E-state index contributed by atoms with van der Waals surface area (Å²) in [6.07, 6.45) is 6.70. The van der Waals surface area contributed by atoms with Crippen LogP contribution in [0.15, 0.2) is 21.2 Å². The number of fused-ring (bicyclic) bond motifs is 1. The number of aromatic nitrogens is 4. The van der Waals surface area contributed by atoms with Crippen LogP contribution in [0.2, 0.25) is 0 Å². The lowest BCUT2D eigenvalue weighted by Gasteiger charge is -2.32. The summed E-state index contributed by atoms with van der Waals surface area (Å²) in [7, 11) is 1.61. The summed E-state index contributed by atoms with van der Waals surface area (Å²) in [5, 5.41) is 0. The molecule has 0 bridgehead atoms. The van der Waals surface area contributed by atoms with E-state index in [1.165, 1.54) is 4.57 Å². The monoisotopic (exact) mass is 457 g/mol. The molecule has 2 aliphatic rings. The zero-order valence-electron chi connectivity index (χ0n) is 19.9. The predicted octanol–water partition coefficient (Wildman–Crippen LogP) is 0.974. The molecule has 0 spiro atoms. The van der Waals surface area contributed by atoms with Crippen LogP contribution in [-0.2, 0) is 18.4 Å². The number of allylic oxidation sites excluding steroid dienone is 2. The van der Waals surface area contributed by atoms with E-state index in [0.717, 1.165) is 48.8 Å². The molecule has 2 aromatic rings. The van der Waals surface area contributed by atoms with E-state index in [4.69, 9.17) is 10.7 Å². The standard InChI is InChI=1S/C23H35N7O3/c1-16(2)9-13-29-19-20(25-22(29)28-12-7-8-17(24)14-28)26(3)23(33)30(21(19)32)18(15-31)27-10-5-4-6-11-27/h9,15,17-18H,4-8,10-14,24H2,1-3H3. The fraction of sp³-hybridized carbons (Fsp3) is 0.652. The summed E-state index contributed by atoms with van der Waals surface area (Å²) in [5.41, 5.74) is 7.01. The number of imidazole rings is 1. The second-order valence-electron chi connectivity index (χ2n) is 9.49. The Hall–Kier alpha value is -2.72. The van der Waals surface area contributed by atoms with Crippen LogP contribution < -0.4 is 21.9 Å². The van der Waals surface area contributed by atoms with Crippen molar-refractivity contribution in [1.82, 2.24) is 23.6 Å². The van der Waals surface area contributed by atoms with Gasteiger partial charge in [-0.15, -0.1) is 0 Å². The molecule has 2 unspecified atom stereocenters. The quantitative estimate of drug-likeness (QED) is 0.508. The Bertz CT molecular complexity index is 1170. The van der Waals surface area contributed by atoms with Gasteiger partial charge in [0.1, 0.15) is 0 Å². The smallest absolute Gasteiger partial charge is 0.334 e. The summed E-state index contributed by atoms with van der Waals surface area (Å²) >= 11 is 0. The second kappa shape index (κ2) is 9.64. The first-order valence-electron chi connectivity index (χ1n) is 11.9. The molecule has 4 heterocycles. The summed E-state index contributed by atoms with van der Waals surface area (Å²) < 4.78 is 4.37. The van der Waals surface area contributed by atoms with Gasteiger partial charge in [0, 0.05) is 45.8 Å². The van der Waals surface area contributed by atoms with Gasteiger partial charge in [0.15, 0.2) is 23.6 Å². The number of hydrogen-bond acceptors (Lipinski definition) is 7. The van der Waals surface area contributed by atoms with Gasteiger partial charge in [0.25, 0.3) is 5.56 Å². The molecule has 2 N–H and O–H groups in total. The summed E-state index contributed by atoms with van der Waals surface area (Å²) in [6.45, 7) is 7.26. The Labute approximate surface area is 193 Å². The molecule has 0 radical (unpaired) electrons. The van der Waals surface area contributed by atoms with Crippen molar-refractivity contribution >= 4 is 23.4 Å². The van der Waals surface area contributed by atoms with E-state index in [-0.39, 0.29) is 6.04 Å². The van der Waals surface area contributed by atoms with Gasteiger partial charge in [0.2, 0.25) is 5.95 Å². The van der Waals surface area contributed by atoms with E-state index in [2.05, 4.69) is 4.90 Å². The lowest BCUT2D eigenvalue weighted by molar-refractivity contribution is -0.116. The number of nitrogens with two attached hydrogens (primary N) is 1. The van der Waals surface area contributed by atoms with Gasteiger partial charge in [-0.3, -0.25) is 19.1 Å². The number of aldehydes is 1. The summed E-state index contributed by atoms with van der Waals surface area (Å²) in [6, 6.07) is 0.0366. The maximum atomic E-state index is 13.8. The van der Waals surface area contributed by atoms with Gasteiger partial charge < -0.3 is 15.2 Å². The molecule has 10 heteroatoms. The predicted molar refractivity (Wildman–Crippen MR) is 129 cm³/mol. The van der Waals surface area contributed by atoms with Gasteiger partial charge in [-0.2, -0.15) is 4.98 Å². The molecule has 33 heavy (non-hydrogen) atoms. The van der Waals surface area contributed by atoms with E-state index >= 15 is 0 Å². The van der Waals surface area contributed by atoms with E-state index in [1.807, 2.05) is 29.4 Å². The number of aryl methyl sites for hydroxylation is 1. The van der Waals surface area contributed by atoms with Gasteiger partial charge in [-0.25, -0.2) is 9.36 Å². The zero-order valence-corrected chi connectivity index (χ0v) is 19.9. The molecule has 2 saturated heterocycles. The minimum Gasteiger partial charge on any atom is -0.341 e. The van der Waals surface area contributed by atoms with Crippen molar-refractivity contribution in [1.29, 1.82) is 0 Å². The third-order valence-corrected chi connectivity index (χ3v) is 6.73. The molecule has 2 aromatic heterocycles. The normalized spacial score (nSPS) is 20.7. The minimum absolute atomic E-state index is 0.0366. The lowest BCUT2D eigenvalue weighted by Crippen LogP contribution is -2.49. The number of piperidine rings is 2. The molecular formula is C23H35N7O3. The second-order valence-corrected chi connectivity index (χ2v) is 9.49. The molecule has 0 saturated carbocycles. The van der Waals surface area contributed by atoms with Gasteiger partial charge >= 0.3 is 5.69 Å². The first-order valence-corrected chi connectivity index (χ1v) is 11.9. The summed E-state index contributed by atoms with van der Waals surface area (Å²) in [4.78, 5) is 48.0. The molecule has 0 amide bonds. The average Bonchev–Trinajstić information content (AvgIpc) is 3.19. The van der Waals surface area contributed by atoms with Crippen LogP contribution in [0.3, 0.4) is 0 Å². The van der Waals surface area contributed by atoms with Gasteiger partial charge in [0.05, 0.1) is 0 Å². The Morgan fingerprint density at radius 3 is 2.52 bits per heavy atom. The van der Waals surface area contributed by atoms with Crippen LogP contribution >= 0.6 is 0 Å². The number of likely N-dealkylation sites (tertiary alicyclic amines) is 1. The number of anilines is 1. The van der Waals surface area contributed by atoms with Crippen LogP contribution in [0.4, 0.5) is 5.95 Å². The number of rotatable bonds is 6. The SMILES string of the molecule is CC(C)=CCn1c(N2CCCC(N)C2)nc2c1c(=O)n(C(C=O)N1CCCCC1)c(=O)n2C. The van der Waals surface area contributed by atoms with Crippen molar-refractivity contribution < 1.29 is 4.79 Å². The zero-order chi connectivity index (χ0) is 23.7. The number of carbonyl (C=O) groups is 1. The largest absolute Gasteiger partial charge is 0.341 e. The van der Waals surface area contributed by atoms with Crippen LogP contribution in [0.5, 0.6) is 0 Å². The molecule has 180 valence electrons. The van der Waals surface area contributed by atoms with Crippen LogP contribution in [0, 0.1) is 0 Å². The lowest BCUT2D eigenvalue weighted by atomic mass is 10.1. The maximum Gasteiger partial charge on any atom is 0.334 e. The van der Waals surface area contributed by atoms with E-state index in [1.54, 1.807) is 7.05 Å². The van der Waals surface area contributed by atoms with Crippen LogP contribution in [0.25, 0.3) is 11.2 Å². The molecule has 10 nitrogen and oxygen atoms in total. The highest BCUT2D eigenvalue weighted by atomic mass is 16.2. The first kappa shape index (κ1) is 23.4. The first-order chi connectivity index (χ1) is 15.8. The van der Waals surface area contributed by atoms with Crippen molar-refractivity contribution in [3.8, 4) is 0 Å². The minimum atomic E-state index is -0.917. The average molecular weight is 458 g/mol. The molecule has 0 aliphatic carbocycles. The topological polar surface area (TPSA) is 111 Å². The molecular weight excluding hydrogens is 422 g/mol. The fourth-order valence-electron chi connectivity index (χ4n) is 4.93. The van der Waals surface area contributed by atoms with Gasteiger partial charge in [-0.1, -0.05) is 18.1 Å². The van der Waals surface area contributed by atoms with Crippen LogP contribution in [-0.4, -0.2) is 62.1 Å². The van der Waals surface area contributed by atoms with E-state index in [0.29, 0.717) is 49.6 Å². The Balaban J connectivity index is 1.94. The van der Waals surface area contributed by atoms with Crippen molar-refractivity contribution in [2.24, 2.45) is 12.8 Å². The molecule has 4 rings (SSSR count). The number of hydrogen-bond donors (Lipinski definition) is 1. The van der Waals surface area contributed by atoms with Gasteiger partial charge in [-0.05, 0) is 39.5 Å². The fourth-order valence-corrected chi connectivity index (χ4v) is 4.93. The third-order valence-electron chi connectivity index (χ3n) is 6.73. The highest BCUT2D eigenvalue weighted by Gasteiger charge is 2.30. The Kier molecular flexibility index (Phi) is 6.85. The summed E-state index contributed by atoms with van der Waals surface area (Å²) in [5.74, 6) is 0.642. The maximum absolute atomic E-state index is 13.8. The Morgan fingerprint density at radius 1 is 1.15 bits per heavy atom.